The molecule has 0 atom stereocenters. The average molecular weight is 713 g/mol. The SMILES string of the molecule is O=C(O)CCCC=Cc1cccc(Br)n1.O=C(O)CCCC[P+](c1ccccc1)(c1ccccc1)c1ccccc1.[Br-]. The number of unbranched alkanes of at least 4 members (excludes halogenated alkanes) is 2. The van der Waals surface area contributed by atoms with E-state index in [0.717, 1.165) is 29.3 Å². The van der Waals surface area contributed by atoms with Gasteiger partial charge in [-0.1, -0.05) is 66.7 Å². The van der Waals surface area contributed by atoms with Crippen LogP contribution in [0, 0.1) is 0 Å². The van der Waals surface area contributed by atoms with E-state index in [4.69, 9.17) is 10.2 Å². The molecule has 0 unspecified atom stereocenters. The van der Waals surface area contributed by atoms with Crippen LogP contribution in [0.2, 0.25) is 0 Å². The number of hydrogen-bond acceptors (Lipinski definition) is 3. The van der Waals surface area contributed by atoms with E-state index in [0.29, 0.717) is 12.8 Å². The fourth-order valence-corrected chi connectivity index (χ4v) is 9.37. The zero-order valence-electron chi connectivity index (χ0n) is 23.4. The highest BCUT2D eigenvalue weighted by Crippen LogP contribution is 2.55. The fraction of sp³-hybridized carbons (Fsp3) is 0.206. The first-order valence-corrected chi connectivity index (χ1v) is 16.5. The normalized spacial score (nSPS) is 10.8. The van der Waals surface area contributed by atoms with Crippen molar-refractivity contribution in [2.24, 2.45) is 0 Å². The van der Waals surface area contributed by atoms with E-state index in [1.807, 2.05) is 30.4 Å². The van der Waals surface area contributed by atoms with Crippen molar-refractivity contribution in [2.75, 3.05) is 6.16 Å². The number of nitrogens with zero attached hydrogens (tertiary/aromatic N) is 1. The lowest BCUT2D eigenvalue weighted by molar-refractivity contribution is -0.138. The highest BCUT2D eigenvalue weighted by atomic mass is 79.9. The molecule has 4 rings (SSSR count). The van der Waals surface area contributed by atoms with E-state index >= 15 is 0 Å². The van der Waals surface area contributed by atoms with E-state index in [2.05, 4.69) is 112 Å². The summed E-state index contributed by atoms with van der Waals surface area (Å²) < 4.78 is 0.801. The molecule has 5 nitrogen and oxygen atoms in total. The Morgan fingerprint density at radius 3 is 1.60 bits per heavy atom. The van der Waals surface area contributed by atoms with Crippen molar-refractivity contribution in [3.8, 4) is 0 Å². The molecule has 0 bridgehead atoms. The van der Waals surface area contributed by atoms with Gasteiger partial charge in [0.2, 0.25) is 0 Å². The quantitative estimate of drug-likeness (QED) is 0.122. The molecule has 220 valence electrons. The molecule has 0 radical (unpaired) electrons. The Labute approximate surface area is 268 Å². The fourth-order valence-electron chi connectivity index (χ4n) is 4.60. The van der Waals surface area contributed by atoms with Crippen LogP contribution in [-0.2, 0) is 9.59 Å². The van der Waals surface area contributed by atoms with Crippen LogP contribution >= 0.6 is 23.2 Å². The van der Waals surface area contributed by atoms with E-state index in [-0.39, 0.29) is 29.8 Å². The Kier molecular flexibility index (Phi) is 16.0. The Hall–Kier alpha value is -3.12. The summed E-state index contributed by atoms with van der Waals surface area (Å²) in [6, 6.07) is 37.8. The smallest absolute Gasteiger partial charge is 0.303 e. The maximum atomic E-state index is 10.9. The zero-order chi connectivity index (χ0) is 29.3. The lowest BCUT2D eigenvalue weighted by atomic mass is 10.2. The molecular formula is C34H36Br2NO4P. The second-order valence-corrected chi connectivity index (χ2v) is 13.9. The Morgan fingerprint density at radius 2 is 1.14 bits per heavy atom. The Bertz CT molecular complexity index is 1290. The maximum Gasteiger partial charge on any atom is 0.303 e. The minimum Gasteiger partial charge on any atom is -1.00 e. The number of aliphatic carboxylic acids is 2. The van der Waals surface area contributed by atoms with Gasteiger partial charge in [-0.15, -0.1) is 0 Å². The van der Waals surface area contributed by atoms with Gasteiger partial charge in [0.1, 0.15) is 27.8 Å². The van der Waals surface area contributed by atoms with Crippen LogP contribution in [0.4, 0.5) is 0 Å². The zero-order valence-corrected chi connectivity index (χ0v) is 27.4. The number of aromatic nitrogens is 1. The van der Waals surface area contributed by atoms with Crippen LogP contribution in [0.3, 0.4) is 0 Å². The summed E-state index contributed by atoms with van der Waals surface area (Å²) in [5, 5.41) is 21.5. The monoisotopic (exact) mass is 711 g/mol. The summed E-state index contributed by atoms with van der Waals surface area (Å²) in [5.74, 6) is -1.46. The first-order chi connectivity index (χ1) is 19.9. The number of carboxylic acid groups (broad SMARTS) is 2. The predicted octanol–water partition coefficient (Wildman–Crippen LogP) is 4.35. The largest absolute Gasteiger partial charge is 1.00 e. The van der Waals surface area contributed by atoms with Gasteiger partial charge in [-0.25, -0.2) is 4.98 Å². The third-order valence-electron chi connectivity index (χ3n) is 6.51. The minimum atomic E-state index is -1.81. The van der Waals surface area contributed by atoms with Crippen molar-refractivity contribution in [2.45, 2.75) is 38.5 Å². The molecule has 3 aromatic carbocycles. The van der Waals surface area contributed by atoms with Gasteiger partial charge in [-0.05, 0) is 96.2 Å². The molecule has 0 fully saturated rings. The molecule has 4 aromatic rings. The van der Waals surface area contributed by atoms with Crippen LogP contribution in [0.5, 0.6) is 0 Å². The molecule has 2 N–H and O–H groups in total. The van der Waals surface area contributed by atoms with Crippen LogP contribution in [-0.4, -0.2) is 33.3 Å². The number of pyridine rings is 1. The van der Waals surface area contributed by atoms with Gasteiger partial charge in [-0.2, -0.15) is 0 Å². The van der Waals surface area contributed by atoms with Crippen LogP contribution < -0.4 is 32.9 Å². The molecule has 42 heavy (non-hydrogen) atoms. The minimum absolute atomic E-state index is 0. The average Bonchev–Trinajstić information content (AvgIpc) is 2.99. The maximum absolute atomic E-state index is 10.9. The standard InChI is InChI=1S/C23H23O2P.C11H12BrNO2.BrH/c24-23(25)18-10-11-19-26(20-12-4-1-5-13-20,21-14-6-2-7-15-21)22-16-8-3-9-17-22;12-10-7-4-6-9(13-10)5-2-1-3-8-11(14)15;/h1-9,12-17H,10-11,18-19H2;2,4-7H,1,3,8H2,(H,14,15);1H. The summed E-state index contributed by atoms with van der Waals surface area (Å²) in [5.41, 5.74) is 0.875. The number of carbonyl (C=O) groups is 2. The van der Waals surface area contributed by atoms with Crippen molar-refractivity contribution < 1.29 is 36.8 Å². The number of rotatable bonds is 13. The lowest BCUT2D eigenvalue weighted by Crippen LogP contribution is -3.00. The third kappa shape index (κ3) is 11.3. The molecule has 0 saturated heterocycles. The Morgan fingerprint density at radius 1 is 0.667 bits per heavy atom. The topological polar surface area (TPSA) is 87.5 Å². The van der Waals surface area contributed by atoms with E-state index in [9.17, 15) is 9.59 Å². The second kappa shape index (κ2) is 19.1. The summed E-state index contributed by atoms with van der Waals surface area (Å²) in [4.78, 5) is 25.4. The van der Waals surface area contributed by atoms with Crippen molar-refractivity contribution in [1.29, 1.82) is 0 Å². The molecule has 0 amide bonds. The van der Waals surface area contributed by atoms with Gasteiger partial charge in [0.15, 0.2) is 0 Å². The summed E-state index contributed by atoms with van der Waals surface area (Å²) >= 11 is 3.28. The number of benzene rings is 3. The van der Waals surface area contributed by atoms with Gasteiger partial charge in [-0.3, -0.25) is 9.59 Å². The summed E-state index contributed by atoms with van der Waals surface area (Å²) in [6.07, 6.45) is 8.32. The van der Waals surface area contributed by atoms with Crippen LogP contribution in [0.15, 0.2) is 120 Å². The van der Waals surface area contributed by atoms with E-state index in [1.165, 1.54) is 15.9 Å². The molecule has 0 aliphatic heterocycles. The van der Waals surface area contributed by atoms with Gasteiger partial charge in [0.05, 0.1) is 11.9 Å². The summed E-state index contributed by atoms with van der Waals surface area (Å²) in [7, 11) is -1.81. The second-order valence-electron chi connectivity index (χ2n) is 9.46. The molecule has 1 heterocycles. The number of allylic oxidation sites excluding steroid dienone is 1. The first-order valence-electron chi connectivity index (χ1n) is 13.7. The first kappa shape index (κ1) is 35.1. The molecule has 1 aromatic heterocycles. The number of hydrogen-bond donors (Lipinski definition) is 2. The highest BCUT2D eigenvalue weighted by Gasteiger charge is 2.44. The van der Waals surface area contributed by atoms with Gasteiger partial charge in [0.25, 0.3) is 0 Å². The van der Waals surface area contributed by atoms with Crippen molar-refractivity contribution in [3.63, 3.8) is 0 Å². The van der Waals surface area contributed by atoms with E-state index < -0.39 is 19.2 Å². The number of carboxylic acids is 2. The number of halogens is 2. The lowest BCUT2D eigenvalue weighted by Gasteiger charge is -2.27. The molecule has 0 spiro atoms. The van der Waals surface area contributed by atoms with Crippen LogP contribution in [0.25, 0.3) is 6.08 Å². The van der Waals surface area contributed by atoms with Crippen molar-refractivity contribution in [3.05, 3.63) is 126 Å². The molecular weight excluding hydrogens is 677 g/mol. The molecule has 0 saturated carbocycles. The van der Waals surface area contributed by atoms with Gasteiger partial charge < -0.3 is 27.2 Å². The Balaban J connectivity index is 0.000000330. The third-order valence-corrected chi connectivity index (χ3v) is 11.5. The molecule has 0 aliphatic carbocycles. The predicted molar refractivity (Wildman–Crippen MR) is 174 cm³/mol. The van der Waals surface area contributed by atoms with Gasteiger partial charge >= 0.3 is 11.9 Å². The summed E-state index contributed by atoms with van der Waals surface area (Å²) in [6.45, 7) is 0. The van der Waals surface area contributed by atoms with Gasteiger partial charge in [0, 0.05) is 12.8 Å². The van der Waals surface area contributed by atoms with Crippen molar-refractivity contribution >= 4 is 57.1 Å². The van der Waals surface area contributed by atoms with Crippen molar-refractivity contribution in [1.82, 2.24) is 4.98 Å². The molecule has 8 heteroatoms. The van der Waals surface area contributed by atoms with E-state index in [1.54, 1.807) is 0 Å². The molecule has 0 aliphatic rings. The highest BCUT2D eigenvalue weighted by molar-refractivity contribution is 9.10. The van der Waals surface area contributed by atoms with Crippen LogP contribution in [0.1, 0.15) is 44.2 Å².